The number of hydrogen-bond donors (Lipinski definition) is 1. The van der Waals surface area contributed by atoms with E-state index in [0.717, 1.165) is 36.8 Å². The summed E-state index contributed by atoms with van der Waals surface area (Å²) >= 11 is 11.9. The first-order chi connectivity index (χ1) is 14.5. The van der Waals surface area contributed by atoms with E-state index in [1.165, 1.54) is 0 Å². The molecule has 0 fully saturated rings. The number of guanidine groups is 1. The molecule has 0 saturated carbocycles. The first kappa shape index (κ1) is 23.9. The van der Waals surface area contributed by atoms with Gasteiger partial charge in [0, 0.05) is 23.1 Å². The third kappa shape index (κ3) is 8.17. The summed E-state index contributed by atoms with van der Waals surface area (Å²) in [5.41, 5.74) is 1.86. The van der Waals surface area contributed by atoms with Crippen molar-refractivity contribution in [2.75, 3.05) is 13.1 Å². The third-order valence-electron chi connectivity index (χ3n) is 4.37. The monoisotopic (exact) mass is 445 g/mol. The van der Waals surface area contributed by atoms with Gasteiger partial charge in [-0.05, 0) is 48.2 Å². The SMILES string of the molecule is CCCCN(/N=C/c1ccc(Cl)cc1)C(=N)N(CCCC)/N=C/c1ccc(Cl)cc1. The first-order valence-corrected chi connectivity index (χ1v) is 11.0. The van der Waals surface area contributed by atoms with Gasteiger partial charge in [-0.25, -0.2) is 10.0 Å². The van der Waals surface area contributed by atoms with Gasteiger partial charge in [0.1, 0.15) is 0 Å². The molecule has 2 aromatic carbocycles. The summed E-state index contributed by atoms with van der Waals surface area (Å²) in [5.74, 6) is 0.257. The van der Waals surface area contributed by atoms with E-state index in [0.29, 0.717) is 23.1 Å². The van der Waals surface area contributed by atoms with Gasteiger partial charge in [-0.15, -0.1) is 0 Å². The summed E-state index contributed by atoms with van der Waals surface area (Å²) < 4.78 is 0. The molecule has 2 rings (SSSR count). The quantitative estimate of drug-likeness (QED) is 0.257. The molecule has 0 aliphatic heterocycles. The number of nitrogens with zero attached hydrogens (tertiary/aromatic N) is 4. The van der Waals surface area contributed by atoms with Crippen LogP contribution in [0, 0.1) is 5.41 Å². The second-order valence-corrected chi connectivity index (χ2v) is 7.74. The number of unbranched alkanes of at least 4 members (excludes halogenated alkanes) is 2. The molecule has 160 valence electrons. The number of nitrogens with one attached hydrogen (secondary N) is 1. The average molecular weight is 446 g/mol. The molecule has 0 radical (unpaired) electrons. The summed E-state index contributed by atoms with van der Waals surface area (Å²) in [6.07, 6.45) is 7.40. The maximum atomic E-state index is 8.74. The first-order valence-electron chi connectivity index (χ1n) is 10.3. The van der Waals surface area contributed by atoms with Crippen LogP contribution >= 0.6 is 23.2 Å². The van der Waals surface area contributed by atoms with Crippen LogP contribution in [0.1, 0.15) is 50.7 Å². The van der Waals surface area contributed by atoms with Crippen LogP contribution in [0.15, 0.2) is 58.7 Å². The summed E-state index contributed by atoms with van der Waals surface area (Å²) in [5, 5.41) is 22.6. The van der Waals surface area contributed by atoms with Crippen LogP contribution in [0.4, 0.5) is 0 Å². The largest absolute Gasteiger partial charge is 0.266 e. The third-order valence-corrected chi connectivity index (χ3v) is 4.87. The van der Waals surface area contributed by atoms with Crippen molar-refractivity contribution < 1.29 is 0 Å². The Morgan fingerprint density at radius 1 is 0.767 bits per heavy atom. The zero-order valence-electron chi connectivity index (χ0n) is 17.6. The van der Waals surface area contributed by atoms with Crippen LogP contribution in [-0.2, 0) is 0 Å². The smallest absolute Gasteiger partial charge is 0.235 e. The van der Waals surface area contributed by atoms with Gasteiger partial charge >= 0.3 is 0 Å². The maximum absolute atomic E-state index is 8.74. The lowest BCUT2D eigenvalue weighted by atomic mass is 10.2. The van der Waals surface area contributed by atoms with Crippen LogP contribution in [0.2, 0.25) is 10.0 Å². The highest BCUT2D eigenvalue weighted by Gasteiger charge is 2.15. The zero-order valence-corrected chi connectivity index (χ0v) is 19.1. The molecular weight excluding hydrogens is 417 g/mol. The molecule has 0 heterocycles. The molecule has 1 N–H and O–H groups in total. The number of hydrazone groups is 2. The Bertz CT molecular complexity index is 762. The van der Waals surface area contributed by atoms with E-state index < -0.39 is 0 Å². The normalized spacial score (nSPS) is 11.3. The molecule has 0 bridgehead atoms. The van der Waals surface area contributed by atoms with Crippen molar-refractivity contribution in [1.29, 1.82) is 5.41 Å². The van der Waals surface area contributed by atoms with E-state index in [9.17, 15) is 0 Å². The van der Waals surface area contributed by atoms with Crippen molar-refractivity contribution >= 4 is 41.6 Å². The van der Waals surface area contributed by atoms with Gasteiger partial charge in [0.25, 0.3) is 0 Å². The van der Waals surface area contributed by atoms with E-state index in [1.807, 2.05) is 48.5 Å². The molecular formula is C23H29Cl2N5. The number of rotatable bonds is 10. The molecule has 0 amide bonds. The van der Waals surface area contributed by atoms with E-state index in [2.05, 4.69) is 24.1 Å². The lowest BCUT2D eigenvalue weighted by Gasteiger charge is -2.26. The van der Waals surface area contributed by atoms with Crippen molar-refractivity contribution in [3.05, 3.63) is 69.7 Å². The van der Waals surface area contributed by atoms with Crippen molar-refractivity contribution in [2.45, 2.75) is 39.5 Å². The lowest BCUT2D eigenvalue weighted by Crippen LogP contribution is -2.39. The van der Waals surface area contributed by atoms with Gasteiger partial charge < -0.3 is 0 Å². The lowest BCUT2D eigenvalue weighted by molar-refractivity contribution is 0.323. The summed E-state index contributed by atoms with van der Waals surface area (Å²) in [6.45, 7) is 5.55. The summed E-state index contributed by atoms with van der Waals surface area (Å²) in [4.78, 5) is 0. The van der Waals surface area contributed by atoms with Crippen LogP contribution in [-0.4, -0.2) is 41.5 Å². The van der Waals surface area contributed by atoms with E-state index in [-0.39, 0.29) is 5.96 Å². The van der Waals surface area contributed by atoms with Gasteiger partial charge in [0.2, 0.25) is 5.96 Å². The van der Waals surface area contributed by atoms with E-state index in [4.69, 9.17) is 28.6 Å². The predicted octanol–water partition coefficient (Wildman–Crippen LogP) is 6.50. The minimum Gasteiger partial charge on any atom is -0.266 e. The minimum absolute atomic E-state index is 0.257. The fourth-order valence-corrected chi connectivity index (χ4v) is 2.81. The second kappa shape index (κ2) is 13.0. The van der Waals surface area contributed by atoms with Crippen molar-refractivity contribution in [1.82, 2.24) is 10.0 Å². The fraction of sp³-hybridized carbons (Fsp3) is 0.348. The molecule has 30 heavy (non-hydrogen) atoms. The molecule has 0 spiro atoms. The molecule has 2 aromatic rings. The topological polar surface area (TPSA) is 55.1 Å². The minimum atomic E-state index is 0.257. The highest BCUT2D eigenvalue weighted by atomic mass is 35.5. The Hall–Kier alpha value is -2.37. The van der Waals surface area contributed by atoms with Crippen molar-refractivity contribution in [3.63, 3.8) is 0 Å². The number of hydrogen-bond acceptors (Lipinski definition) is 3. The fourth-order valence-electron chi connectivity index (χ4n) is 2.56. The summed E-state index contributed by atoms with van der Waals surface area (Å²) in [7, 11) is 0. The Morgan fingerprint density at radius 3 is 1.47 bits per heavy atom. The van der Waals surface area contributed by atoms with Crippen LogP contribution in [0.25, 0.3) is 0 Å². The molecule has 0 aliphatic rings. The van der Waals surface area contributed by atoms with Gasteiger partial charge in [-0.3, -0.25) is 5.41 Å². The van der Waals surface area contributed by atoms with Crippen LogP contribution in [0.5, 0.6) is 0 Å². The molecule has 0 saturated heterocycles. The molecule has 5 nitrogen and oxygen atoms in total. The highest BCUT2D eigenvalue weighted by Crippen LogP contribution is 2.11. The van der Waals surface area contributed by atoms with E-state index in [1.54, 1.807) is 22.4 Å². The molecule has 0 atom stereocenters. The Kier molecular flexibility index (Phi) is 10.4. The maximum Gasteiger partial charge on any atom is 0.235 e. The van der Waals surface area contributed by atoms with Crippen LogP contribution in [0.3, 0.4) is 0 Å². The van der Waals surface area contributed by atoms with Gasteiger partial charge in [-0.2, -0.15) is 10.2 Å². The summed E-state index contributed by atoms with van der Waals surface area (Å²) in [6, 6.07) is 14.9. The Labute approximate surface area is 189 Å². The van der Waals surface area contributed by atoms with Gasteiger partial charge in [-0.1, -0.05) is 74.2 Å². The van der Waals surface area contributed by atoms with Crippen molar-refractivity contribution in [3.8, 4) is 0 Å². The number of halogens is 2. The Morgan fingerprint density at radius 2 is 1.13 bits per heavy atom. The van der Waals surface area contributed by atoms with Crippen LogP contribution < -0.4 is 0 Å². The number of benzene rings is 2. The standard InChI is InChI=1S/C23H29Cl2N5/c1-3-5-15-29(27-17-19-7-11-21(24)12-8-19)23(26)30(16-6-4-2)28-18-20-9-13-22(25)14-10-20/h7-14,17-18,26H,3-6,15-16H2,1-2H3/b27-17+,28-18+. The van der Waals surface area contributed by atoms with Crippen molar-refractivity contribution in [2.24, 2.45) is 10.2 Å². The average Bonchev–Trinajstić information content (AvgIpc) is 2.76. The molecule has 0 aromatic heterocycles. The zero-order chi connectivity index (χ0) is 21.8. The van der Waals surface area contributed by atoms with E-state index >= 15 is 0 Å². The van der Waals surface area contributed by atoms with Gasteiger partial charge in [0.15, 0.2) is 0 Å². The highest BCUT2D eigenvalue weighted by molar-refractivity contribution is 6.30. The van der Waals surface area contributed by atoms with Gasteiger partial charge in [0.05, 0.1) is 12.4 Å². The molecule has 0 unspecified atom stereocenters. The molecule has 7 heteroatoms. The second-order valence-electron chi connectivity index (χ2n) is 6.87. The Balaban J connectivity index is 2.19. The molecule has 0 aliphatic carbocycles. The predicted molar refractivity (Wildman–Crippen MR) is 129 cm³/mol.